The largest absolute Gasteiger partial charge is 0.354 e. The highest BCUT2D eigenvalue weighted by Gasteiger charge is 2.55. The number of piperidine rings is 1. The number of carbonyl (C=O) groups is 2. The highest BCUT2D eigenvalue weighted by atomic mass is 16.2. The quantitative estimate of drug-likeness (QED) is 0.444. The van der Waals surface area contributed by atoms with Crippen molar-refractivity contribution >= 4 is 17.8 Å². The molecule has 3 aliphatic rings. The number of nitrogens with two attached hydrogens (primary N) is 2. The summed E-state index contributed by atoms with van der Waals surface area (Å²) < 4.78 is 1.46. The van der Waals surface area contributed by atoms with Crippen LogP contribution in [0.25, 0.3) is 5.69 Å². The number of anilines is 1. The summed E-state index contributed by atoms with van der Waals surface area (Å²) in [7, 11) is 0. The van der Waals surface area contributed by atoms with E-state index in [1.165, 1.54) is 10.1 Å². The van der Waals surface area contributed by atoms with Crippen molar-refractivity contribution in [1.82, 2.24) is 24.3 Å². The highest BCUT2D eigenvalue weighted by Crippen LogP contribution is 2.51. The lowest BCUT2D eigenvalue weighted by molar-refractivity contribution is -0.134. The second-order valence-corrected chi connectivity index (χ2v) is 11.9. The Bertz CT molecular complexity index is 1260. The first kappa shape index (κ1) is 28.3. The number of nitrogens with one attached hydrogen (secondary N) is 1. The van der Waals surface area contributed by atoms with E-state index in [4.69, 9.17) is 11.5 Å². The minimum atomic E-state index is -0.541. The van der Waals surface area contributed by atoms with Crippen LogP contribution in [0.4, 0.5) is 10.6 Å². The summed E-state index contributed by atoms with van der Waals surface area (Å²) >= 11 is 0. The summed E-state index contributed by atoms with van der Waals surface area (Å²) in [6.07, 6.45) is 2.58. The zero-order valence-electron chi connectivity index (χ0n) is 23.7. The van der Waals surface area contributed by atoms with Crippen LogP contribution < -0.4 is 22.5 Å². The van der Waals surface area contributed by atoms with Crippen molar-refractivity contribution in [2.75, 3.05) is 51.1 Å². The lowest BCUT2D eigenvalue weighted by atomic mass is 10.0. The average molecular weight is 551 g/mol. The van der Waals surface area contributed by atoms with Gasteiger partial charge in [-0.2, -0.15) is 4.98 Å². The molecular formula is C29H42N8O3. The molecule has 1 saturated carbocycles. The molecule has 2 aliphatic heterocycles. The molecule has 5 atom stereocenters. The number of carbonyl (C=O) groups excluding carboxylic acids is 2. The maximum Gasteiger partial charge on any atom is 0.354 e. The first-order chi connectivity index (χ1) is 19.2. The van der Waals surface area contributed by atoms with Gasteiger partial charge >= 0.3 is 11.7 Å². The van der Waals surface area contributed by atoms with Gasteiger partial charge < -0.3 is 21.3 Å². The Morgan fingerprint density at radius 3 is 2.20 bits per heavy atom. The summed E-state index contributed by atoms with van der Waals surface area (Å²) in [6.45, 7) is 10.8. The van der Waals surface area contributed by atoms with Gasteiger partial charge in [0.25, 0.3) is 0 Å². The smallest absolute Gasteiger partial charge is 0.338 e. The Morgan fingerprint density at radius 2 is 1.62 bits per heavy atom. The van der Waals surface area contributed by atoms with Crippen LogP contribution in [0.5, 0.6) is 0 Å². The van der Waals surface area contributed by atoms with Gasteiger partial charge in [0.1, 0.15) is 5.82 Å². The number of rotatable bonds is 8. The number of piperazine rings is 1. The number of hydrogen-bond acceptors (Lipinski definition) is 7. The van der Waals surface area contributed by atoms with E-state index in [1.54, 1.807) is 22.1 Å². The van der Waals surface area contributed by atoms with Crippen LogP contribution in [0.2, 0.25) is 0 Å². The van der Waals surface area contributed by atoms with Crippen LogP contribution in [-0.2, 0) is 11.2 Å². The molecule has 216 valence electrons. The molecule has 0 spiro atoms. The molecule has 11 heteroatoms. The van der Waals surface area contributed by atoms with E-state index in [-0.39, 0.29) is 23.7 Å². The minimum Gasteiger partial charge on any atom is -0.338 e. The predicted octanol–water partition coefficient (Wildman–Crippen LogP) is 0.959. The van der Waals surface area contributed by atoms with Crippen molar-refractivity contribution in [3.63, 3.8) is 0 Å². The fourth-order valence-corrected chi connectivity index (χ4v) is 6.14. The van der Waals surface area contributed by atoms with E-state index in [2.05, 4.69) is 34.3 Å². The summed E-state index contributed by atoms with van der Waals surface area (Å²) in [4.78, 5) is 47.9. The SMILES string of the molecule is CC(C)C(N)C(=O)N1CCN(C(=O)Nc2ccn(-c3ccc(CC(C)N4C[C@@H]5[C@@H](CN)[C@@H]5C4)cc3)c(=O)n2)CC1. The summed E-state index contributed by atoms with van der Waals surface area (Å²) in [5.41, 5.74) is 13.3. The van der Waals surface area contributed by atoms with Crippen molar-refractivity contribution in [1.29, 1.82) is 0 Å². The molecule has 2 saturated heterocycles. The van der Waals surface area contributed by atoms with Crippen LogP contribution in [0, 0.1) is 23.7 Å². The molecule has 1 aliphatic carbocycles. The van der Waals surface area contributed by atoms with E-state index >= 15 is 0 Å². The number of aromatic nitrogens is 2. The molecule has 2 aromatic rings. The van der Waals surface area contributed by atoms with Gasteiger partial charge in [0.2, 0.25) is 5.91 Å². The number of urea groups is 1. The molecule has 2 unspecified atom stereocenters. The Morgan fingerprint density at radius 1 is 1.00 bits per heavy atom. The van der Waals surface area contributed by atoms with Crippen LogP contribution in [0.1, 0.15) is 26.3 Å². The van der Waals surface area contributed by atoms with Crippen LogP contribution in [0.15, 0.2) is 41.3 Å². The summed E-state index contributed by atoms with van der Waals surface area (Å²) in [5.74, 6) is 2.47. The normalized spacial score (nSPS) is 24.1. The first-order valence-electron chi connectivity index (χ1n) is 14.4. The predicted molar refractivity (Wildman–Crippen MR) is 154 cm³/mol. The number of hydrogen-bond donors (Lipinski definition) is 3. The van der Waals surface area contributed by atoms with Gasteiger partial charge in [-0.15, -0.1) is 0 Å². The molecule has 1 aromatic heterocycles. The van der Waals surface area contributed by atoms with Gasteiger partial charge in [0, 0.05) is 51.5 Å². The Balaban J connectivity index is 1.12. The average Bonchev–Trinajstić information content (AvgIpc) is 3.42. The maximum atomic E-state index is 12.8. The van der Waals surface area contributed by atoms with Gasteiger partial charge in [-0.05, 0) is 67.3 Å². The molecule has 0 radical (unpaired) electrons. The monoisotopic (exact) mass is 550 g/mol. The third kappa shape index (κ3) is 5.91. The van der Waals surface area contributed by atoms with E-state index in [9.17, 15) is 14.4 Å². The number of fused-ring (bicyclic) bond motifs is 1. The number of amides is 3. The van der Waals surface area contributed by atoms with Gasteiger partial charge in [0.15, 0.2) is 0 Å². The molecule has 40 heavy (non-hydrogen) atoms. The molecule has 11 nitrogen and oxygen atoms in total. The van der Waals surface area contributed by atoms with Crippen molar-refractivity contribution in [2.45, 2.75) is 39.3 Å². The summed E-state index contributed by atoms with van der Waals surface area (Å²) in [6, 6.07) is 9.17. The van der Waals surface area contributed by atoms with Crippen LogP contribution in [-0.4, -0.2) is 94.1 Å². The molecule has 3 fully saturated rings. The first-order valence-corrected chi connectivity index (χ1v) is 14.4. The second kappa shape index (κ2) is 11.7. The third-order valence-electron chi connectivity index (χ3n) is 8.96. The van der Waals surface area contributed by atoms with Crippen molar-refractivity contribution < 1.29 is 9.59 Å². The molecule has 5 rings (SSSR count). The number of likely N-dealkylation sites (tertiary alicyclic amines) is 1. The van der Waals surface area contributed by atoms with Crippen molar-refractivity contribution in [3.05, 3.63) is 52.6 Å². The molecule has 3 heterocycles. The van der Waals surface area contributed by atoms with Crippen LogP contribution in [0.3, 0.4) is 0 Å². The lowest BCUT2D eigenvalue weighted by Crippen LogP contribution is -2.56. The molecule has 0 bridgehead atoms. The fraction of sp³-hybridized carbons (Fsp3) is 0.586. The molecule has 1 aromatic carbocycles. The minimum absolute atomic E-state index is 0.0549. The van der Waals surface area contributed by atoms with E-state index in [0.29, 0.717) is 32.2 Å². The number of benzene rings is 1. The maximum absolute atomic E-state index is 12.8. The standard InChI is InChI=1S/C29H42N8O3/c1-18(2)26(31)27(38)34-10-12-35(13-11-34)28(39)32-25-8-9-37(29(40)33-25)21-6-4-20(5-7-21)14-19(3)36-16-23-22(15-30)24(23)17-36/h4-9,18-19,22-24,26H,10-17,30-31H2,1-3H3,(H,32,33,39,40)/t19?,22-,23-,24+,26?. The van der Waals surface area contributed by atoms with Gasteiger partial charge in [-0.3, -0.25) is 19.6 Å². The Hall–Kier alpha value is -3.28. The van der Waals surface area contributed by atoms with Gasteiger partial charge in [-0.25, -0.2) is 9.59 Å². The Kier molecular flexibility index (Phi) is 8.25. The zero-order chi connectivity index (χ0) is 28.6. The lowest BCUT2D eigenvalue weighted by Gasteiger charge is -2.36. The van der Waals surface area contributed by atoms with E-state index in [1.807, 2.05) is 26.0 Å². The Labute approximate surface area is 235 Å². The third-order valence-corrected chi connectivity index (χ3v) is 8.96. The van der Waals surface area contributed by atoms with Crippen LogP contribution >= 0.6 is 0 Å². The second-order valence-electron chi connectivity index (χ2n) is 11.9. The fourth-order valence-electron chi connectivity index (χ4n) is 6.14. The van der Waals surface area contributed by atoms with Gasteiger partial charge in [-0.1, -0.05) is 26.0 Å². The van der Waals surface area contributed by atoms with E-state index in [0.717, 1.165) is 49.5 Å². The molecule has 3 amide bonds. The topological polar surface area (TPSA) is 143 Å². The molecular weight excluding hydrogens is 508 g/mol. The van der Waals surface area contributed by atoms with Crippen molar-refractivity contribution in [2.24, 2.45) is 35.1 Å². The molecule has 5 N–H and O–H groups in total. The van der Waals surface area contributed by atoms with Crippen molar-refractivity contribution in [3.8, 4) is 5.69 Å². The number of nitrogens with zero attached hydrogens (tertiary/aromatic N) is 5. The highest BCUT2D eigenvalue weighted by molar-refractivity contribution is 5.88. The van der Waals surface area contributed by atoms with Gasteiger partial charge in [0.05, 0.1) is 11.7 Å². The zero-order valence-corrected chi connectivity index (χ0v) is 23.7. The summed E-state index contributed by atoms with van der Waals surface area (Å²) in [5, 5.41) is 2.71. The van der Waals surface area contributed by atoms with E-state index < -0.39 is 11.7 Å².